The fourth-order valence-electron chi connectivity index (χ4n) is 3.14. The minimum absolute atomic E-state index is 0.222. The largest absolute Gasteiger partial charge is 0.468 e. The summed E-state index contributed by atoms with van der Waals surface area (Å²) in [5.41, 5.74) is 1.09. The third kappa shape index (κ3) is 5.95. The van der Waals surface area contributed by atoms with Crippen molar-refractivity contribution in [2.75, 3.05) is 26.8 Å². The van der Waals surface area contributed by atoms with Crippen LogP contribution >= 0.6 is 0 Å². The molecule has 1 aliphatic carbocycles. The summed E-state index contributed by atoms with van der Waals surface area (Å²) in [6.45, 7) is 4.58. The Bertz CT molecular complexity index is 489. The lowest BCUT2D eigenvalue weighted by Crippen LogP contribution is -2.35. The molecule has 130 valence electrons. The fraction of sp³-hybridized carbons (Fsp3) is 0.765. The van der Waals surface area contributed by atoms with Gasteiger partial charge >= 0.3 is 5.97 Å². The molecule has 23 heavy (non-hydrogen) atoms. The van der Waals surface area contributed by atoms with Crippen LogP contribution in [0.3, 0.4) is 0 Å². The lowest BCUT2D eigenvalue weighted by atomic mass is 9.88. The number of esters is 1. The molecule has 1 fully saturated rings. The Balaban J connectivity index is 1.82. The molecule has 0 N–H and O–H groups in total. The minimum Gasteiger partial charge on any atom is -0.468 e. The van der Waals surface area contributed by atoms with Gasteiger partial charge in [-0.3, -0.25) is 14.4 Å². The molecule has 6 heteroatoms. The van der Waals surface area contributed by atoms with E-state index in [-0.39, 0.29) is 12.5 Å². The second-order valence-corrected chi connectivity index (χ2v) is 6.48. The standard InChI is InChI=1S/C17H29N3O3/c1-14-6-4-5-7-16(14)23-9-8-20(13-17(21)22-3)12-15-10-18-19(2)11-15/h10-11,14,16H,4-9,12-13H2,1-3H3/t14-,16-/m0/s1. The number of methoxy groups -OCH3 is 1. The molecule has 0 radical (unpaired) electrons. The Morgan fingerprint density at radius 1 is 1.43 bits per heavy atom. The number of hydrogen-bond acceptors (Lipinski definition) is 5. The lowest BCUT2D eigenvalue weighted by molar-refractivity contribution is -0.142. The summed E-state index contributed by atoms with van der Waals surface area (Å²) in [5, 5.41) is 4.18. The first kappa shape index (κ1) is 17.9. The van der Waals surface area contributed by atoms with E-state index in [2.05, 4.69) is 16.9 Å². The second-order valence-electron chi connectivity index (χ2n) is 6.48. The minimum atomic E-state index is -0.222. The maximum absolute atomic E-state index is 11.6. The number of carbonyl (C=O) groups is 1. The summed E-state index contributed by atoms with van der Waals surface area (Å²) in [4.78, 5) is 13.7. The molecule has 0 amide bonds. The molecule has 2 rings (SSSR count). The number of aryl methyl sites for hydroxylation is 1. The van der Waals surface area contributed by atoms with Crippen LogP contribution in [0.15, 0.2) is 12.4 Å². The number of nitrogens with zero attached hydrogens (tertiary/aromatic N) is 3. The average molecular weight is 323 g/mol. The summed E-state index contributed by atoms with van der Waals surface area (Å²) in [5.74, 6) is 0.413. The van der Waals surface area contributed by atoms with E-state index in [1.807, 2.05) is 19.4 Å². The van der Waals surface area contributed by atoms with Crippen LogP contribution in [0.4, 0.5) is 0 Å². The molecule has 0 aliphatic heterocycles. The first-order valence-corrected chi connectivity index (χ1v) is 8.46. The van der Waals surface area contributed by atoms with Crippen LogP contribution in [0.25, 0.3) is 0 Å². The van der Waals surface area contributed by atoms with E-state index in [1.165, 1.54) is 26.4 Å². The van der Waals surface area contributed by atoms with Gasteiger partial charge in [-0.2, -0.15) is 5.10 Å². The van der Waals surface area contributed by atoms with Gasteiger partial charge in [-0.1, -0.05) is 19.8 Å². The molecule has 0 aromatic carbocycles. The molecule has 6 nitrogen and oxygen atoms in total. The molecule has 1 aliphatic rings. The maximum Gasteiger partial charge on any atom is 0.319 e. The van der Waals surface area contributed by atoms with Gasteiger partial charge in [0.15, 0.2) is 0 Å². The first-order valence-electron chi connectivity index (χ1n) is 8.46. The SMILES string of the molecule is COC(=O)CN(CCO[C@H]1CCCC[C@@H]1C)Cc1cnn(C)c1. The van der Waals surface area contributed by atoms with Crippen molar-refractivity contribution in [1.82, 2.24) is 14.7 Å². The summed E-state index contributed by atoms with van der Waals surface area (Å²) >= 11 is 0. The Morgan fingerprint density at radius 3 is 2.87 bits per heavy atom. The van der Waals surface area contributed by atoms with Crippen LogP contribution in [0, 0.1) is 5.92 Å². The van der Waals surface area contributed by atoms with Gasteiger partial charge in [0.2, 0.25) is 0 Å². The predicted octanol–water partition coefficient (Wildman–Crippen LogP) is 1.99. The van der Waals surface area contributed by atoms with Gasteiger partial charge in [0.25, 0.3) is 0 Å². The zero-order chi connectivity index (χ0) is 16.7. The maximum atomic E-state index is 11.6. The highest BCUT2D eigenvalue weighted by atomic mass is 16.5. The van der Waals surface area contributed by atoms with Gasteiger partial charge in [-0.05, 0) is 18.8 Å². The van der Waals surface area contributed by atoms with E-state index in [9.17, 15) is 4.79 Å². The van der Waals surface area contributed by atoms with E-state index in [0.717, 1.165) is 12.0 Å². The molecule has 0 bridgehead atoms. The van der Waals surface area contributed by atoms with E-state index in [0.29, 0.717) is 31.7 Å². The first-order chi connectivity index (χ1) is 11.1. The van der Waals surface area contributed by atoms with Gasteiger partial charge in [-0.15, -0.1) is 0 Å². The molecule has 0 unspecified atom stereocenters. The van der Waals surface area contributed by atoms with Gasteiger partial charge in [0, 0.05) is 31.9 Å². The van der Waals surface area contributed by atoms with Gasteiger partial charge < -0.3 is 9.47 Å². The molecule has 1 heterocycles. The second kappa shape index (κ2) is 9.03. The van der Waals surface area contributed by atoms with Crippen molar-refractivity contribution in [3.63, 3.8) is 0 Å². The van der Waals surface area contributed by atoms with Gasteiger partial charge in [-0.25, -0.2) is 0 Å². The number of aromatic nitrogens is 2. The predicted molar refractivity (Wildman–Crippen MR) is 87.9 cm³/mol. The van der Waals surface area contributed by atoms with Crippen molar-refractivity contribution in [3.8, 4) is 0 Å². The fourth-order valence-corrected chi connectivity index (χ4v) is 3.14. The average Bonchev–Trinajstić information content (AvgIpc) is 2.94. The van der Waals surface area contributed by atoms with E-state index >= 15 is 0 Å². The summed E-state index contributed by atoms with van der Waals surface area (Å²) in [7, 11) is 3.31. The van der Waals surface area contributed by atoms with E-state index < -0.39 is 0 Å². The topological polar surface area (TPSA) is 56.6 Å². The van der Waals surface area contributed by atoms with Crippen LogP contribution in [-0.4, -0.2) is 53.6 Å². The van der Waals surface area contributed by atoms with E-state index in [4.69, 9.17) is 9.47 Å². The molecule has 2 atom stereocenters. The van der Waals surface area contributed by atoms with E-state index in [1.54, 1.807) is 4.68 Å². The highest BCUT2D eigenvalue weighted by Gasteiger charge is 2.22. The summed E-state index contributed by atoms with van der Waals surface area (Å²) < 4.78 is 12.6. The Hall–Kier alpha value is -1.40. The summed E-state index contributed by atoms with van der Waals surface area (Å²) in [6.07, 6.45) is 9.14. The molecule has 0 saturated heterocycles. The van der Waals surface area contributed by atoms with Crippen LogP contribution in [-0.2, 0) is 27.9 Å². The Labute approximate surface area is 138 Å². The lowest BCUT2D eigenvalue weighted by Gasteiger charge is -2.30. The monoisotopic (exact) mass is 323 g/mol. The molecular weight excluding hydrogens is 294 g/mol. The molecule has 0 spiro atoms. The number of carbonyl (C=O) groups excluding carboxylic acids is 1. The van der Waals surface area contributed by atoms with Gasteiger partial charge in [0.1, 0.15) is 0 Å². The normalized spacial score (nSPS) is 21.6. The highest BCUT2D eigenvalue weighted by molar-refractivity contribution is 5.71. The Morgan fingerprint density at radius 2 is 2.22 bits per heavy atom. The Kier molecular flexibility index (Phi) is 7.05. The van der Waals surface area contributed by atoms with Crippen molar-refractivity contribution in [1.29, 1.82) is 0 Å². The zero-order valence-electron chi connectivity index (χ0n) is 14.5. The number of hydrogen-bond donors (Lipinski definition) is 0. The van der Waals surface area contributed by atoms with Crippen molar-refractivity contribution in [2.45, 2.75) is 45.3 Å². The summed E-state index contributed by atoms with van der Waals surface area (Å²) in [6, 6.07) is 0. The van der Waals surface area contributed by atoms with Crippen molar-refractivity contribution >= 4 is 5.97 Å². The van der Waals surface area contributed by atoms with Crippen molar-refractivity contribution in [2.24, 2.45) is 13.0 Å². The molecule has 1 aromatic heterocycles. The van der Waals surface area contributed by atoms with Crippen LogP contribution in [0.1, 0.15) is 38.2 Å². The quantitative estimate of drug-likeness (QED) is 0.685. The van der Waals surface area contributed by atoms with Crippen LogP contribution in [0.5, 0.6) is 0 Å². The third-order valence-electron chi connectivity index (χ3n) is 4.52. The molecule has 1 saturated carbocycles. The smallest absolute Gasteiger partial charge is 0.319 e. The number of rotatable bonds is 8. The zero-order valence-corrected chi connectivity index (χ0v) is 14.5. The van der Waals surface area contributed by atoms with Crippen molar-refractivity contribution < 1.29 is 14.3 Å². The third-order valence-corrected chi connectivity index (χ3v) is 4.52. The van der Waals surface area contributed by atoms with Gasteiger partial charge in [0.05, 0.1) is 32.6 Å². The highest BCUT2D eigenvalue weighted by Crippen LogP contribution is 2.26. The van der Waals surface area contributed by atoms with Crippen molar-refractivity contribution in [3.05, 3.63) is 18.0 Å². The molecular formula is C17H29N3O3. The van der Waals surface area contributed by atoms with Crippen LogP contribution in [0.2, 0.25) is 0 Å². The number of ether oxygens (including phenoxy) is 2. The molecule has 1 aromatic rings. The van der Waals surface area contributed by atoms with Crippen LogP contribution < -0.4 is 0 Å².